The molecule has 1 aromatic rings. The second-order valence-corrected chi connectivity index (χ2v) is 7.98. The van der Waals surface area contributed by atoms with E-state index >= 15 is 0 Å². The van der Waals surface area contributed by atoms with Gasteiger partial charge in [-0.2, -0.15) is 0 Å². The summed E-state index contributed by atoms with van der Waals surface area (Å²) in [5, 5.41) is 0. The Hall–Kier alpha value is -0.780. The fraction of sp³-hybridized carbons (Fsp3) is 0.778. The number of aryl methyl sites for hydroxylation is 2. The summed E-state index contributed by atoms with van der Waals surface area (Å²) in [7, 11) is 0. The van der Waals surface area contributed by atoms with Crippen molar-refractivity contribution < 1.29 is 0 Å². The van der Waals surface area contributed by atoms with E-state index in [1.807, 2.05) is 41.5 Å². The lowest BCUT2D eigenvalue weighted by molar-refractivity contribution is 0.165. The second kappa shape index (κ2) is 15.2. The lowest BCUT2D eigenvalue weighted by atomic mass is 9.68. The number of benzene rings is 1. The first-order chi connectivity index (χ1) is 13.1. The number of hydrogen-bond acceptors (Lipinski definition) is 0. The van der Waals surface area contributed by atoms with Gasteiger partial charge in [-0.25, -0.2) is 0 Å². The van der Waals surface area contributed by atoms with Gasteiger partial charge in [-0.3, -0.25) is 0 Å². The molecule has 0 radical (unpaired) electrons. The van der Waals surface area contributed by atoms with E-state index in [0.29, 0.717) is 0 Å². The average Bonchev–Trinajstić information content (AvgIpc) is 2.75. The highest BCUT2D eigenvalue weighted by atomic mass is 14.4. The zero-order valence-corrected chi connectivity index (χ0v) is 20.2. The minimum Gasteiger partial charge on any atom is -0.0683 e. The first kappa shape index (κ1) is 26.2. The van der Waals surface area contributed by atoms with E-state index in [4.69, 9.17) is 0 Å². The van der Waals surface area contributed by atoms with Gasteiger partial charge in [-0.15, -0.1) is 0 Å². The van der Waals surface area contributed by atoms with E-state index in [0.717, 1.165) is 23.7 Å². The zero-order valence-electron chi connectivity index (χ0n) is 20.2. The molecule has 0 N–H and O–H groups in total. The van der Waals surface area contributed by atoms with Crippen LogP contribution in [0.3, 0.4) is 0 Å². The summed E-state index contributed by atoms with van der Waals surface area (Å²) < 4.78 is 0. The van der Waals surface area contributed by atoms with Crippen molar-refractivity contribution in [3.8, 4) is 0 Å². The van der Waals surface area contributed by atoms with Crippen LogP contribution in [0.25, 0.3) is 0 Å². The second-order valence-electron chi connectivity index (χ2n) is 7.98. The Balaban J connectivity index is 0.00000103. The molecule has 2 saturated carbocycles. The Morgan fingerprint density at radius 1 is 0.593 bits per heavy atom. The minimum absolute atomic E-state index is 0.836. The third-order valence-electron chi connectivity index (χ3n) is 6.50. The van der Waals surface area contributed by atoms with Crippen LogP contribution in [-0.2, 0) is 0 Å². The molecule has 0 aliphatic heterocycles. The quantitative estimate of drug-likeness (QED) is 0.483. The molecule has 0 heterocycles. The van der Waals surface area contributed by atoms with Crippen LogP contribution in [0, 0.1) is 31.6 Å². The minimum atomic E-state index is 0.836. The molecule has 1 aromatic carbocycles. The molecule has 0 unspecified atom stereocenters. The van der Waals surface area contributed by atoms with E-state index < -0.39 is 0 Å². The monoisotopic (exact) mass is 374 g/mol. The van der Waals surface area contributed by atoms with Gasteiger partial charge in [0.05, 0.1) is 0 Å². The summed E-state index contributed by atoms with van der Waals surface area (Å²) in [5.74, 6) is 3.93. The van der Waals surface area contributed by atoms with Gasteiger partial charge in [-0.1, -0.05) is 79.5 Å². The average molecular weight is 375 g/mol. The molecular weight excluding hydrogens is 324 g/mol. The molecule has 158 valence electrons. The molecule has 0 saturated heterocycles. The topological polar surface area (TPSA) is 0 Å². The smallest absolute Gasteiger partial charge is 0.0162 e. The summed E-state index contributed by atoms with van der Waals surface area (Å²) in [6.45, 7) is 18.9. The van der Waals surface area contributed by atoms with Crippen molar-refractivity contribution in [2.24, 2.45) is 17.8 Å². The van der Waals surface area contributed by atoms with Crippen LogP contribution in [-0.4, -0.2) is 0 Å². The van der Waals surface area contributed by atoms with E-state index in [1.165, 1.54) is 62.5 Å². The van der Waals surface area contributed by atoms with Crippen molar-refractivity contribution in [1.82, 2.24) is 0 Å². The van der Waals surface area contributed by atoms with Crippen molar-refractivity contribution in [2.45, 2.75) is 120 Å². The highest BCUT2D eigenvalue weighted by Crippen LogP contribution is 2.43. The Bertz CT molecular complexity index is 457. The van der Waals surface area contributed by atoms with E-state index in [2.05, 4.69) is 39.0 Å². The van der Waals surface area contributed by atoms with E-state index in [1.54, 1.807) is 5.56 Å². The van der Waals surface area contributed by atoms with Crippen molar-refractivity contribution in [3.63, 3.8) is 0 Å². The molecule has 0 heteroatoms. The zero-order chi connectivity index (χ0) is 20.8. The summed E-state index contributed by atoms with van der Waals surface area (Å²) >= 11 is 0. The molecule has 0 bridgehead atoms. The Labute approximate surface area is 172 Å². The van der Waals surface area contributed by atoms with Crippen LogP contribution < -0.4 is 0 Å². The lowest BCUT2D eigenvalue weighted by Gasteiger charge is -2.37. The first-order valence-corrected chi connectivity index (χ1v) is 12.2. The van der Waals surface area contributed by atoms with Gasteiger partial charge in [0, 0.05) is 0 Å². The summed E-state index contributed by atoms with van der Waals surface area (Å²) in [6, 6.07) is 7.15. The van der Waals surface area contributed by atoms with Crippen molar-refractivity contribution in [1.29, 1.82) is 0 Å². The fourth-order valence-electron chi connectivity index (χ4n) is 4.70. The third-order valence-corrected chi connectivity index (χ3v) is 6.50. The third kappa shape index (κ3) is 8.41. The van der Waals surface area contributed by atoms with Crippen LogP contribution in [0.1, 0.15) is 122 Å². The van der Waals surface area contributed by atoms with E-state index in [-0.39, 0.29) is 0 Å². The summed E-state index contributed by atoms with van der Waals surface area (Å²) in [4.78, 5) is 0. The largest absolute Gasteiger partial charge is 0.0683 e. The fourth-order valence-corrected chi connectivity index (χ4v) is 4.70. The Morgan fingerprint density at radius 3 is 1.48 bits per heavy atom. The lowest BCUT2D eigenvalue weighted by Crippen LogP contribution is -2.24. The van der Waals surface area contributed by atoms with Gasteiger partial charge in [0.15, 0.2) is 0 Å². The maximum Gasteiger partial charge on any atom is -0.0162 e. The van der Waals surface area contributed by atoms with Gasteiger partial charge >= 0.3 is 0 Å². The van der Waals surface area contributed by atoms with Crippen molar-refractivity contribution >= 4 is 0 Å². The molecule has 0 spiro atoms. The van der Waals surface area contributed by atoms with Gasteiger partial charge in [-0.05, 0) is 92.7 Å². The SMILES string of the molecule is CC.CC.CC.Cc1ccc(C2CCC(C3CCC(C)CC3)CC2)cc1C. The Morgan fingerprint density at radius 2 is 1.04 bits per heavy atom. The molecule has 2 aliphatic rings. The molecule has 0 atom stereocenters. The van der Waals surface area contributed by atoms with Gasteiger partial charge in [0.1, 0.15) is 0 Å². The number of hydrogen-bond donors (Lipinski definition) is 0. The highest BCUT2D eigenvalue weighted by molar-refractivity contribution is 5.32. The Kier molecular flexibility index (Phi) is 14.7. The van der Waals surface area contributed by atoms with Crippen LogP contribution in [0.4, 0.5) is 0 Å². The molecule has 0 nitrogen and oxygen atoms in total. The highest BCUT2D eigenvalue weighted by Gasteiger charge is 2.30. The molecule has 0 amide bonds. The van der Waals surface area contributed by atoms with Gasteiger partial charge < -0.3 is 0 Å². The van der Waals surface area contributed by atoms with Crippen molar-refractivity contribution in [2.75, 3.05) is 0 Å². The first-order valence-electron chi connectivity index (χ1n) is 12.2. The van der Waals surface area contributed by atoms with Gasteiger partial charge in [0.25, 0.3) is 0 Å². The molecule has 27 heavy (non-hydrogen) atoms. The maximum atomic E-state index is 2.45. The van der Waals surface area contributed by atoms with Crippen LogP contribution in [0.2, 0.25) is 0 Å². The van der Waals surface area contributed by atoms with E-state index in [9.17, 15) is 0 Å². The van der Waals surface area contributed by atoms with Crippen molar-refractivity contribution in [3.05, 3.63) is 34.9 Å². The standard InChI is InChI=1S/C21H32.3C2H6/c1-15-4-7-18(8-5-15)19-10-12-20(13-11-19)21-9-6-16(2)17(3)14-21;3*1-2/h6,9,14-15,18-20H,4-5,7-8,10-13H2,1-3H3;3*1-2H3. The molecule has 3 rings (SSSR count). The number of rotatable bonds is 2. The molecule has 2 aliphatic carbocycles. The van der Waals surface area contributed by atoms with Crippen LogP contribution in [0.5, 0.6) is 0 Å². The predicted octanol–water partition coefficient (Wildman–Crippen LogP) is 9.48. The predicted molar refractivity (Wildman–Crippen MR) is 126 cm³/mol. The molecular formula is C27H50. The molecule has 0 aromatic heterocycles. The summed E-state index contributed by atoms with van der Waals surface area (Å²) in [5.41, 5.74) is 4.51. The maximum absolute atomic E-state index is 2.45. The normalized spacial score (nSPS) is 27.0. The van der Waals surface area contributed by atoms with Crippen LogP contribution in [0.15, 0.2) is 18.2 Å². The van der Waals surface area contributed by atoms with Gasteiger partial charge in [0.2, 0.25) is 0 Å². The summed E-state index contributed by atoms with van der Waals surface area (Å²) in [6.07, 6.45) is 11.8. The molecule has 2 fully saturated rings. The van der Waals surface area contributed by atoms with Crippen LogP contribution >= 0.6 is 0 Å².